The van der Waals surface area contributed by atoms with Crippen LogP contribution in [0.1, 0.15) is 17.2 Å². The summed E-state index contributed by atoms with van der Waals surface area (Å²) in [5.74, 6) is -2.19. The molecule has 0 heterocycles. The van der Waals surface area contributed by atoms with E-state index in [1.54, 1.807) is 24.3 Å². The van der Waals surface area contributed by atoms with Crippen molar-refractivity contribution in [1.82, 2.24) is 0 Å². The number of rotatable bonds is 3. The molecule has 5 heteroatoms. The minimum Gasteiger partial charge on any atom is -0.491 e. The van der Waals surface area contributed by atoms with Crippen molar-refractivity contribution in [3.8, 4) is 5.75 Å². The molecule has 100 valence electrons. The van der Waals surface area contributed by atoms with Crippen molar-refractivity contribution in [3.05, 3.63) is 63.6 Å². The molecule has 0 aliphatic rings. The summed E-state index contributed by atoms with van der Waals surface area (Å²) in [4.78, 5) is 0. The highest BCUT2D eigenvalue weighted by Crippen LogP contribution is 2.31. The monoisotopic (exact) mass is 328 g/mol. The Labute approximate surface area is 117 Å². The zero-order valence-electron chi connectivity index (χ0n) is 10.0. The summed E-state index contributed by atoms with van der Waals surface area (Å²) < 4.78 is 32.8. The highest BCUT2D eigenvalue weighted by molar-refractivity contribution is 9.10. The Kier molecular flexibility index (Phi) is 4.17. The molecule has 0 saturated heterocycles. The van der Waals surface area contributed by atoms with Crippen LogP contribution in [0.25, 0.3) is 0 Å². The lowest BCUT2D eigenvalue weighted by atomic mass is 10.0. The molecule has 0 fully saturated rings. The normalized spacial score (nSPS) is 12.3. The van der Waals surface area contributed by atoms with Crippen LogP contribution in [-0.2, 0) is 0 Å². The van der Waals surface area contributed by atoms with Gasteiger partial charge in [0.25, 0.3) is 0 Å². The maximum Gasteiger partial charge on any atom is 0.190 e. The quantitative estimate of drug-likeness (QED) is 0.928. The summed E-state index contributed by atoms with van der Waals surface area (Å²) in [6, 6.07) is 9.11. The molecule has 1 N–H and O–H groups in total. The predicted octanol–water partition coefficient (Wildman–Crippen LogP) is 3.82. The molecule has 0 aliphatic carbocycles. The van der Waals surface area contributed by atoms with E-state index < -0.39 is 23.5 Å². The molecule has 0 saturated carbocycles. The third-order valence-corrected chi connectivity index (χ3v) is 3.24. The molecule has 0 spiro atoms. The van der Waals surface area contributed by atoms with Crippen molar-refractivity contribution in [3.63, 3.8) is 0 Å². The van der Waals surface area contributed by atoms with Gasteiger partial charge < -0.3 is 9.84 Å². The maximum absolute atomic E-state index is 14.0. The van der Waals surface area contributed by atoms with Crippen molar-refractivity contribution < 1.29 is 18.6 Å². The Bertz CT molecular complexity index is 602. The van der Waals surface area contributed by atoms with Gasteiger partial charge in [-0.2, -0.15) is 0 Å². The first kappa shape index (κ1) is 14.0. The number of hydrogen-bond donors (Lipinski definition) is 1. The lowest BCUT2D eigenvalue weighted by molar-refractivity contribution is 0.212. The fraction of sp³-hybridized carbons (Fsp3) is 0.143. The van der Waals surface area contributed by atoms with Crippen LogP contribution in [0.15, 0.2) is 40.9 Å². The summed E-state index contributed by atoms with van der Waals surface area (Å²) in [5.41, 5.74) is 0.471. The van der Waals surface area contributed by atoms with Crippen molar-refractivity contribution in [2.45, 2.75) is 6.10 Å². The molecule has 2 rings (SSSR count). The summed E-state index contributed by atoms with van der Waals surface area (Å²) in [6.45, 7) is 0. The molecule has 2 aromatic carbocycles. The maximum atomic E-state index is 14.0. The number of aliphatic hydroxyl groups is 1. The lowest BCUT2D eigenvalue weighted by Gasteiger charge is -2.14. The molecule has 2 nitrogen and oxygen atoms in total. The largest absolute Gasteiger partial charge is 0.491 e. The summed E-state index contributed by atoms with van der Waals surface area (Å²) >= 11 is 3.27. The van der Waals surface area contributed by atoms with Gasteiger partial charge in [0.2, 0.25) is 0 Å². The minimum absolute atomic E-state index is 0.0312. The van der Waals surface area contributed by atoms with E-state index in [1.807, 2.05) is 0 Å². The van der Waals surface area contributed by atoms with Gasteiger partial charge in [0.1, 0.15) is 6.10 Å². The summed E-state index contributed by atoms with van der Waals surface area (Å²) in [6.07, 6.45) is -1.19. The van der Waals surface area contributed by atoms with Gasteiger partial charge in [-0.25, -0.2) is 8.78 Å². The molecule has 1 unspecified atom stereocenters. The highest BCUT2D eigenvalue weighted by atomic mass is 79.9. The van der Waals surface area contributed by atoms with E-state index in [1.165, 1.54) is 13.2 Å². The zero-order chi connectivity index (χ0) is 14.0. The first-order valence-corrected chi connectivity index (χ1v) is 6.29. The third-order valence-electron chi connectivity index (χ3n) is 2.74. The van der Waals surface area contributed by atoms with E-state index in [-0.39, 0.29) is 5.56 Å². The van der Waals surface area contributed by atoms with Gasteiger partial charge in [-0.3, -0.25) is 0 Å². The van der Waals surface area contributed by atoms with Gasteiger partial charge in [0.05, 0.1) is 7.11 Å². The molecule has 1 atom stereocenters. The smallest absolute Gasteiger partial charge is 0.190 e. The zero-order valence-corrected chi connectivity index (χ0v) is 11.6. The van der Waals surface area contributed by atoms with E-state index in [0.29, 0.717) is 5.56 Å². The molecule has 0 bridgehead atoms. The van der Waals surface area contributed by atoms with Crippen LogP contribution in [-0.4, -0.2) is 12.2 Å². The second-order valence-corrected chi connectivity index (χ2v) is 4.86. The van der Waals surface area contributed by atoms with E-state index >= 15 is 0 Å². The molecule has 2 aromatic rings. The van der Waals surface area contributed by atoms with Crippen molar-refractivity contribution in [1.29, 1.82) is 0 Å². The molecule has 0 radical (unpaired) electrons. The highest BCUT2D eigenvalue weighted by Gasteiger charge is 2.20. The minimum atomic E-state index is -1.19. The fourth-order valence-corrected chi connectivity index (χ4v) is 2.22. The molecule has 0 aromatic heterocycles. The Balaban J connectivity index is 2.47. The van der Waals surface area contributed by atoms with Crippen molar-refractivity contribution in [2.75, 3.05) is 7.11 Å². The average Bonchev–Trinajstić information content (AvgIpc) is 2.39. The van der Waals surface area contributed by atoms with Crippen molar-refractivity contribution in [2.24, 2.45) is 0 Å². The Morgan fingerprint density at radius 3 is 2.58 bits per heavy atom. The van der Waals surface area contributed by atoms with Gasteiger partial charge in [0, 0.05) is 10.0 Å². The predicted molar refractivity (Wildman–Crippen MR) is 71.1 cm³/mol. The van der Waals surface area contributed by atoms with Crippen LogP contribution < -0.4 is 4.74 Å². The van der Waals surface area contributed by atoms with Crippen molar-refractivity contribution >= 4 is 15.9 Å². The van der Waals surface area contributed by atoms with Gasteiger partial charge in [-0.15, -0.1) is 0 Å². The number of methoxy groups -OCH3 is 1. The van der Waals surface area contributed by atoms with Crippen LogP contribution in [0, 0.1) is 11.6 Å². The van der Waals surface area contributed by atoms with Crippen LogP contribution in [0.2, 0.25) is 0 Å². The van der Waals surface area contributed by atoms with E-state index in [4.69, 9.17) is 0 Å². The first-order chi connectivity index (χ1) is 9.04. The molecule has 19 heavy (non-hydrogen) atoms. The van der Waals surface area contributed by atoms with E-state index in [2.05, 4.69) is 20.7 Å². The average molecular weight is 329 g/mol. The van der Waals surface area contributed by atoms with Crippen LogP contribution in [0.5, 0.6) is 5.75 Å². The van der Waals surface area contributed by atoms with E-state index in [0.717, 1.165) is 10.5 Å². The lowest BCUT2D eigenvalue weighted by Crippen LogP contribution is -2.05. The van der Waals surface area contributed by atoms with Gasteiger partial charge >= 0.3 is 0 Å². The Morgan fingerprint density at radius 2 is 1.95 bits per heavy atom. The first-order valence-electron chi connectivity index (χ1n) is 5.50. The molecular weight excluding hydrogens is 318 g/mol. The van der Waals surface area contributed by atoms with Gasteiger partial charge in [0.15, 0.2) is 17.4 Å². The molecule has 0 aliphatic heterocycles. The van der Waals surface area contributed by atoms with E-state index in [9.17, 15) is 13.9 Å². The van der Waals surface area contributed by atoms with Crippen LogP contribution in [0.4, 0.5) is 8.78 Å². The standard InChI is InChI=1S/C14H11BrF2O2/c1-19-14-11(16)6-5-10(12(14)17)13(18)8-3-2-4-9(15)7-8/h2-7,13,18H,1H3. The SMILES string of the molecule is COc1c(F)ccc(C(O)c2cccc(Br)c2)c1F. The van der Waals surface area contributed by atoms with Crippen LogP contribution in [0.3, 0.4) is 0 Å². The van der Waals surface area contributed by atoms with Crippen LogP contribution >= 0.6 is 15.9 Å². The van der Waals surface area contributed by atoms with Gasteiger partial charge in [-0.05, 0) is 29.8 Å². The number of halogens is 3. The second kappa shape index (κ2) is 5.67. The number of aliphatic hydroxyl groups excluding tert-OH is 1. The molecule has 0 amide bonds. The number of hydrogen-bond acceptors (Lipinski definition) is 2. The Hall–Kier alpha value is -1.46. The number of benzene rings is 2. The van der Waals surface area contributed by atoms with Gasteiger partial charge in [-0.1, -0.05) is 28.1 Å². The molecular formula is C14H11BrF2O2. The Morgan fingerprint density at radius 1 is 1.21 bits per heavy atom. The summed E-state index contributed by atoms with van der Waals surface area (Å²) in [5, 5.41) is 10.2. The topological polar surface area (TPSA) is 29.5 Å². The second-order valence-electron chi connectivity index (χ2n) is 3.94. The summed E-state index contributed by atoms with van der Waals surface area (Å²) in [7, 11) is 1.18. The fourth-order valence-electron chi connectivity index (χ4n) is 1.80. The number of ether oxygens (including phenoxy) is 1. The third kappa shape index (κ3) is 2.77.